The number of aromatic nitrogens is 2. The monoisotopic (exact) mass is 463 g/mol. The number of para-hydroxylation sites is 1. The number of aryl methyl sites for hydroxylation is 1. The summed E-state index contributed by atoms with van der Waals surface area (Å²) in [5.74, 6) is 1.36. The van der Waals surface area contributed by atoms with Crippen LogP contribution < -0.4 is 14.2 Å². The number of nitrogens with zero attached hydrogens (tertiary/aromatic N) is 3. The molecular weight excluding hydrogens is 437 g/mol. The van der Waals surface area contributed by atoms with Crippen molar-refractivity contribution in [2.45, 2.75) is 26.3 Å². The lowest BCUT2D eigenvalue weighted by Crippen LogP contribution is -2.36. The van der Waals surface area contributed by atoms with Gasteiger partial charge in [0.1, 0.15) is 24.8 Å². The maximum atomic E-state index is 15.1. The first-order valence-corrected chi connectivity index (χ1v) is 11.3. The summed E-state index contributed by atoms with van der Waals surface area (Å²) in [6.07, 6.45) is 6.44. The second-order valence-corrected chi connectivity index (χ2v) is 8.41. The molecule has 34 heavy (non-hydrogen) atoms. The van der Waals surface area contributed by atoms with E-state index in [2.05, 4.69) is 4.98 Å². The van der Waals surface area contributed by atoms with E-state index < -0.39 is 5.82 Å². The fraction of sp³-hybridized carbons (Fsp3) is 0.308. The normalized spacial score (nSPS) is 16.7. The van der Waals surface area contributed by atoms with E-state index in [1.165, 1.54) is 13.2 Å². The summed E-state index contributed by atoms with van der Waals surface area (Å²) in [4.78, 5) is 19.3. The predicted molar refractivity (Wildman–Crippen MR) is 125 cm³/mol. The molecule has 1 saturated heterocycles. The van der Waals surface area contributed by atoms with E-state index in [-0.39, 0.29) is 5.91 Å². The van der Waals surface area contributed by atoms with Crippen LogP contribution in [-0.4, -0.2) is 47.2 Å². The van der Waals surface area contributed by atoms with Crippen LogP contribution in [0.2, 0.25) is 0 Å². The summed E-state index contributed by atoms with van der Waals surface area (Å²) in [5, 5.41) is 0. The Kier molecular flexibility index (Phi) is 5.96. The van der Waals surface area contributed by atoms with Crippen LogP contribution in [0, 0.1) is 12.7 Å². The number of ether oxygens (including phenoxy) is 3. The van der Waals surface area contributed by atoms with Crippen molar-refractivity contribution in [1.29, 1.82) is 0 Å². The number of carbonyl (C=O) groups is 1. The second kappa shape index (κ2) is 9.21. The minimum Gasteiger partial charge on any atom is -0.495 e. The Morgan fingerprint density at radius 2 is 2.09 bits per heavy atom. The van der Waals surface area contributed by atoms with Crippen molar-refractivity contribution in [2.24, 2.45) is 0 Å². The van der Waals surface area contributed by atoms with Gasteiger partial charge >= 0.3 is 0 Å². The number of fused-ring (bicyclic) bond motifs is 1. The molecule has 1 amide bonds. The maximum absolute atomic E-state index is 15.1. The van der Waals surface area contributed by atoms with Gasteiger partial charge in [0.2, 0.25) is 5.91 Å². The van der Waals surface area contributed by atoms with E-state index in [0.717, 1.165) is 17.7 Å². The van der Waals surface area contributed by atoms with E-state index >= 15 is 4.39 Å². The van der Waals surface area contributed by atoms with E-state index in [9.17, 15) is 4.79 Å². The molecule has 1 fully saturated rings. The molecule has 3 aromatic rings. The van der Waals surface area contributed by atoms with Crippen molar-refractivity contribution >= 4 is 12.0 Å². The number of methoxy groups -OCH3 is 1. The van der Waals surface area contributed by atoms with Crippen LogP contribution in [0.1, 0.15) is 29.7 Å². The van der Waals surface area contributed by atoms with Crippen LogP contribution in [0.25, 0.3) is 11.8 Å². The summed E-state index contributed by atoms with van der Waals surface area (Å²) in [5.41, 5.74) is 3.16. The van der Waals surface area contributed by atoms with Gasteiger partial charge in [-0.15, -0.1) is 0 Å². The van der Waals surface area contributed by atoms with Gasteiger partial charge in [-0.2, -0.15) is 0 Å². The van der Waals surface area contributed by atoms with Crippen LogP contribution in [-0.2, 0) is 11.3 Å². The zero-order valence-corrected chi connectivity index (χ0v) is 19.2. The van der Waals surface area contributed by atoms with Crippen molar-refractivity contribution in [3.63, 3.8) is 0 Å². The summed E-state index contributed by atoms with van der Waals surface area (Å²) in [7, 11) is 1.54. The van der Waals surface area contributed by atoms with Gasteiger partial charge in [-0.05, 0) is 38.0 Å². The number of halogens is 1. The van der Waals surface area contributed by atoms with Gasteiger partial charge in [-0.1, -0.05) is 12.1 Å². The first-order chi connectivity index (χ1) is 16.5. The minimum atomic E-state index is -0.428. The topological polar surface area (TPSA) is 65.8 Å². The highest BCUT2D eigenvalue weighted by atomic mass is 19.1. The number of hydrogen-bond donors (Lipinski definition) is 0. The van der Waals surface area contributed by atoms with Gasteiger partial charge in [0, 0.05) is 42.1 Å². The Hall–Kier alpha value is -3.81. The molecule has 2 aliphatic rings. The number of hydrogen-bond acceptors (Lipinski definition) is 5. The molecule has 3 heterocycles. The maximum Gasteiger partial charge on any atom is 0.250 e. The molecule has 0 spiro atoms. The van der Waals surface area contributed by atoms with Crippen LogP contribution in [0.15, 0.2) is 48.4 Å². The summed E-state index contributed by atoms with van der Waals surface area (Å²) in [6.45, 7) is 3.90. The highest BCUT2D eigenvalue weighted by Gasteiger charge is 2.26. The zero-order valence-electron chi connectivity index (χ0n) is 19.2. The van der Waals surface area contributed by atoms with Gasteiger partial charge in [-0.3, -0.25) is 4.79 Å². The second-order valence-electron chi connectivity index (χ2n) is 8.41. The Morgan fingerprint density at radius 1 is 1.24 bits per heavy atom. The number of likely N-dealkylation sites (tertiary alicyclic amines) is 1. The molecule has 2 aliphatic heterocycles. The molecule has 2 aromatic carbocycles. The summed E-state index contributed by atoms with van der Waals surface area (Å²) < 4.78 is 33.8. The van der Waals surface area contributed by atoms with E-state index in [1.54, 1.807) is 34.1 Å². The minimum absolute atomic E-state index is 0.103. The van der Waals surface area contributed by atoms with Crippen molar-refractivity contribution < 1.29 is 23.4 Å². The number of carbonyl (C=O) groups excluding carboxylic acids is 1. The van der Waals surface area contributed by atoms with E-state index in [1.807, 2.05) is 25.1 Å². The van der Waals surface area contributed by atoms with Gasteiger partial charge < -0.3 is 23.7 Å². The molecule has 0 radical (unpaired) electrons. The van der Waals surface area contributed by atoms with Crippen molar-refractivity contribution in [2.75, 3.05) is 26.9 Å². The molecule has 0 bridgehead atoms. The molecular formula is C26H26FN3O4. The number of benzene rings is 2. The number of amides is 1. The first kappa shape index (κ1) is 22.0. The molecule has 0 unspecified atom stereocenters. The van der Waals surface area contributed by atoms with E-state index in [0.29, 0.717) is 66.8 Å². The van der Waals surface area contributed by atoms with Gasteiger partial charge in [-0.25, -0.2) is 9.37 Å². The van der Waals surface area contributed by atoms with Crippen LogP contribution in [0.3, 0.4) is 0 Å². The standard InChI is InChI=1S/C26H26FN3O4/c1-17-14-30(16-28-17)22-13-21(27)20(12-24(22)32-2)11-18-6-4-8-29(26(18)31)15-19-5-3-7-23-25(19)34-10-9-33-23/h3,5,7,11-14,16H,4,6,8-10,15H2,1-2H3. The Bertz CT molecular complexity index is 1270. The third kappa shape index (κ3) is 4.23. The number of rotatable bonds is 5. The Morgan fingerprint density at radius 3 is 2.88 bits per heavy atom. The third-order valence-electron chi connectivity index (χ3n) is 6.06. The molecule has 5 rings (SSSR count). The zero-order chi connectivity index (χ0) is 23.7. The lowest BCUT2D eigenvalue weighted by molar-refractivity contribution is -0.129. The Balaban J connectivity index is 1.41. The fourth-order valence-electron chi connectivity index (χ4n) is 4.40. The molecule has 0 atom stereocenters. The summed E-state index contributed by atoms with van der Waals surface area (Å²) >= 11 is 0. The number of piperidine rings is 1. The Labute approximate surface area is 197 Å². The van der Waals surface area contributed by atoms with Crippen molar-refractivity contribution in [1.82, 2.24) is 14.5 Å². The van der Waals surface area contributed by atoms with Crippen molar-refractivity contribution in [3.8, 4) is 22.9 Å². The molecule has 0 aliphatic carbocycles. The van der Waals surface area contributed by atoms with Gasteiger partial charge in [0.25, 0.3) is 0 Å². The average molecular weight is 464 g/mol. The third-order valence-corrected chi connectivity index (χ3v) is 6.06. The molecule has 0 N–H and O–H groups in total. The quantitative estimate of drug-likeness (QED) is 0.528. The highest BCUT2D eigenvalue weighted by molar-refractivity contribution is 5.98. The van der Waals surface area contributed by atoms with Gasteiger partial charge in [0.15, 0.2) is 11.5 Å². The first-order valence-electron chi connectivity index (χ1n) is 11.3. The van der Waals surface area contributed by atoms with Crippen LogP contribution >= 0.6 is 0 Å². The predicted octanol–water partition coefficient (Wildman–Crippen LogP) is 4.31. The molecule has 7 nitrogen and oxygen atoms in total. The molecule has 8 heteroatoms. The number of imidazole rings is 1. The smallest absolute Gasteiger partial charge is 0.250 e. The van der Waals surface area contributed by atoms with Crippen LogP contribution in [0.5, 0.6) is 17.2 Å². The summed E-state index contributed by atoms with van der Waals surface area (Å²) in [6, 6.07) is 8.74. The van der Waals surface area contributed by atoms with Gasteiger partial charge in [0.05, 0.1) is 24.8 Å². The molecule has 0 saturated carbocycles. The molecule has 176 valence electrons. The lowest BCUT2D eigenvalue weighted by Gasteiger charge is -2.30. The fourth-order valence-corrected chi connectivity index (χ4v) is 4.40. The lowest BCUT2D eigenvalue weighted by atomic mass is 9.99. The van der Waals surface area contributed by atoms with Crippen LogP contribution in [0.4, 0.5) is 4.39 Å². The van der Waals surface area contributed by atoms with Crippen molar-refractivity contribution in [3.05, 3.63) is 71.1 Å². The largest absolute Gasteiger partial charge is 0.495 e. The average Bonchev–Trinajstić information content (AvgIpc) is 3.28. The SMILES string of the molecule is COc1cc(C=C2CCCN(Cc3cccc4c3OCCO4)C2=O)c(F)cc1-n1cnc(C)c1. The molecule has 1 aromatic heterocycles. The highest BCUT2D eigenvalue weighted by Crippen LogP contribution is 2.35. The van der Waals surface area contributed by atoms with E-state index in [4.69, 9.17) is 14.2 Å².